The highest BCUT2D eigenvalue weighted by Crippen LogP contribution is 2.28. The number of rotatable bonds is 3. The first-order valence-electron chi connectivity index (χ1n) is 7.77. The number of anilines is 1. The van der Waals surface area contributed by atoms with Crippen molar-refractivity contribution in [3.63, 3.8) is 0 Å². The minimum absolute atomic E-state index is 0.00728. The Morgan fingerprint density at radius 3 is 2.40 bits per heavy atom. The lowest BCUT2D eigenvalue weighted by atomic mass is 9.90. The molecule has 3 heteroatoms. The maximum Gasteiger partial charge on any atom is 0.129 e. The van der Waals surface area contributed by atoms with Gasteiger partial charge in [-0.25, -0.2) is 4.98 Å². The lowest BCUT2D eigenvalue weighted by Crippen LogP contribution is -2.34. The Hall–Kier alpha value is -1.09. The summed E-state index contributed by atoms with van der Waals surface area (Å²) in [6.07, 6.45) is 6.52. The molecule has 1 fully saturated rings. The summed E-state index contributed by atoms with van der Waals surface area (Å²) in [7, 11) is 2.14. The van der Waals surface area contributed by atoms with Gasteiger partial charge in [0.1, 0.15) is 5.82 Å². The van der Waals surface area contributed by atoms with Crippen LogP contribution in [0.1, 0.15) is 64.1 Å². The summed E-state index contributed by atoms with van der Waals surface area (Å²) in [5.74, 6) is 1.01. The molecule has 1 aromatic heterocycles. The largest absolute Gasteiger partial charge is 0.392 e. The first kappa shape index (κ1) is 15.3. The van der Waals surface area contributed by atoms with Crippen molar-refractivity contribution in [3.05, 3.63) is 23.4 Å². The number of nitrogens with zero attached hydrogens (tertiary/aromatic N) is 2. The van der Waals surface area contributed by atoms with Crippen molar-refractivity contribution in [1.29, 1.82) is 0 Å². The van der Waals surface area contributed by atoms with Gasteiger partial charge in [0.25, 0.3) is 0 Å². The number of aliphatic hydroxyl groups excluding tert-OH is 1. The summed E-state index contributed by atoms with van der Waals surface area (Å²) in [5.41, 5.74) is 2.03. The lowest BCUT2D eigenvalue weighted by molar-refractivity contribution is 0.281. The number of aromatic nitrogens is 1. The molecule has 0 aromatic carbocycles. The van der Waals surface area contributed by atoms with Gasteiger partial charge in [0.2, 0.25) is 0 Å². The minimum Gasteiger partial charge on any atom is -0.392 e. The van der Waals surface area contributed by atoms with E-state index < -0.39 is 0 Å². The summed E-state index contributed by atoms with van der Waals surface area (Å²) in [6, 6.07) is 4.65. The number of aliphatic hydroxyl groups is 1. The van der Waals surface area contributed by atoms with Crippen LogP contribution in [0.2, 0.25) is 0 Å². The van der Waals surface area contributed by atoms with Crippen LogP contribution in [0.25, 0.3) is 0 Å². The molecular formula is C17H28N2O. The summed E-state index contributed by atoms with van der Waals surface area (Å²) in [6.45, 7) is 6.58. The highest BCUT2D eigenvalue weighted by molar-refractivity contribution is 5.44. The van der Waals surface area contributed by atoms with Crippen LogP contribution in [0.4, 0.5) is 5.82 Å². The molecule has 1 aliphatic carbocycles. The van der Waals surface area contributed by atoms with Gasteiger partial charge in [-0.1, -0.05) is 40.0 Å². The normalized spacial score (nSPS) is 17.2. The molecule has 2 rings (SSSR count). The van der Waals surface area contributed by atoms with Gasteiger partial charge in [0.05, 0.1) is 6.61 Å². The van der Waals surface area contributed by atoms with Crippen molar-refractivity contribution < 1.29 is 5.11 Å². The van der Waals surface area contributed by atoms with Crippen molar-refractivity contribution in [2.24, 2.45) is 0 Å². The second-order valence-corrected chi connectivity index (χ2v) is 7.03. The van der Waals surface area contributed by atoms with Crippen LogP contribution < -0.4 is 4.90 Å². The van der Waals surface area contributed by atoms with E-state index in [4.69, 9.17) is 4.98 Å². The van der Waals surface area contributed by atoms with E-state index in [2.05, 4.69) is 32.7 Å². The molecule has 1 heterocycles. The van der Waals surface area contributed by atoms with Gasteiger partial charge in [-0.15, -0.1) is 0 Å². The molecule has 0 radical (unpaired) electrons. The topological polar surface area (TPSA) is 36.4 Å². The lowest BCUT2D eigenvalue weighted by Gasteiger charge is -2.33. The van der Waals surface area contributed by atoms with Gasteiger partial charge in [-0.2, -0.15) is 0 Å². The molecule has 1 saturated carbocycles. The second-order valence-electron chi connectivity index (χ2n) is 7.03. The monoisotopic (exact) mass is 276 g/mol. The Morgan fingerprint density at radius 2 is 1.85 bits per heavy atom. The highest BCUT2D eigenvalue weighted by atomic mass is 16.3. The molecule has 0 saturated heterocycles. The maximum absolute atomic E-state index is 9.50. The molecule has 20 heavy (non-hydrogen) atoms. The Bertz CT molecular complexity index is 445. The number of pyridine rings is 1. The molecule has 1 aliphatic rings. The van der Waals surface area contributed by atoms with E-state index in [9.17, 15) is 5.11 Å². The van der Waals surface area contributed by atoms with Gasteiger partial charge in [0, 0.05) is 24.2 Å². The van der Waals surface area contributed by atoms with E-state index in [1.54, 1.807) is 0 Å². The van der Waals surface area contributed by atoms with Crippen molar-refractivity contribution >= 4 is 5.82 Å². The van der Waals surface area contributed by atoms with Crippen LogP contribution in [0.15, 0.2) is 12.1 Å². The zero-order valence-electron chi connectivity index (χ0n) is 13.3. The average molecular weight is 276 g/mol. The molecule has 112 valence electrons. The zero-order chi connectivity index (χ0) is 14.8. The standard InChI is InChI=1S/C17H28N2O/c1-17(2,3)15-10-13(12-20)11-16(18-15)19(4)14-8-6-5-7-9-14/h10-11,14,20H,5-9,12H2,1-4H3. The fraction of sp³-hybridized carbons (Fsp3) is 0.706. The first-order chi connectivity index (χ1) is 9.41. The Balaban J connectivity index is 2.29. The van der Waals surface area contributed by atoms with Crippen LogP contribution in [0.5, 0.6) is 0 Å². The van der Waals surface area contributed by atoms with Gasteiger partial charge < -0.3 is 10.0 Å². The Labute approximate surface area is 123 Å². The molecule has 1 N–H and O–H groups in total. The van der Waals surface area contributed by atoms with E-state index in [1.165, 1.54) is 32.1 Å². The highest BCUT2D eigenvalue weighted by Gasteiger charge is 2.22. The van der Waals surface area contributed by atoms with E-state index >= 15 is 0 Å². The molecule has 0 spiro atoms. The second kappa shape index (κ2) is 6.13. The van der Waals surface area contributed by atoms with E-state index in [0.29, 0.717) is 6.04 Å². The average Bonchev–Trinajstić information content (AvgIpc) is 2.46. The molecule has 0 amide bonds. The molecule has 1 aromatic rings. The number of hydrogen-bond acceptors (Lipinski definition) is 3. The van der Waals surface area contributed by atoms with Crippen molar-refractivity contribution in [1.82, 2.24) is 4.98 Å². The molecule has 0 unspecified atom stereocenters. The fourth-order valence-electron chi connectivity index (χ4n) is 2.88. The van der Waals surface area contributed by atoms with Crippen LogP contribution >= 0.6 is 0 Å². The minimum atomic E-state index is 0.00728. The molecule has 3 nitrogen and oxygen atoms in total. The van der Waals surface area contributed by atoms with Gasteiger partial charge >= 0.3 is 0 Å². The summed E-state index contributed by atoms with van der Waals surface area (Å²) >= 11 is 0. The summed E-state index contributed by atoms with van der Waals surface area (Å²) in [4.78, 5) is 7.16. The van der Waals surface area contributed by atoms with Gasteiger partial charge in [-0.05, 0) is 30.5 Å². The predicted octanol–water partition coefficient (Wildman–Crippen LogP) is 3.64. The summed E-state index contributed by atoms with van der Waals surface area (Å²) < 4.78 is 0. The van der Waals surface area contributed by atoms with E-state index in [0.717, 1.165) is 17.1 Å². The fourth-order valence-corrected chi connectivity index (χ4v) is 2.88. The predicted molar refractivity (Wildman–Crippen MR) is 84.1 cm³/mol. The van der Waals surface area contributed by atoms with Crippen molar-refractivity contribution in [2.45, 2.75) is 70.9 Å². The molecule has 0 atom stereocenters. The Kier molecular flexibility index (Phi) is 4.69. The van der Waals surface area contributed by atoms with E-state index in [1.807, 2.05) is 12.1 Å². The SMILES string of the molecule is CN(c1cc(CO)cc(C(C)(C)C)n1)C1CCCCC1. The van der Waals surface area contributed by atoms with Gasteiger partial charge in [-0.3, -0.25) is 0 Å². The molecular weight excluding hydrogens is 248 g/mol. The third-order valence-corrected chi connectivity index (χ3v) is 4.31. The summed E-state index contributed by atoms with van der Waals surface area (Å²) in [5, 5.41) is 9.50. The maximum atomic E-state index is 9.50. The third-order valence-electron chi connectivity index (χ3n) is 4.31. The Morgan fingerprint density at radius 1 is 1.20 bits per heavy atom. The van der Waals surface area contributed by atoms with Crippen molar-refractivity contribution in [2.75, 3.05) is 11.9 Å². The molecule has 0 aliphatic heterocycles. The van der Waals surface area contributed by atoms with Crippen LogP contribution in [0, 0.1) is 0 Å². The first-order valence-corrected chi connectivity index (χ1v) is 7.77. The quantitative estimate of drug-likeness (QED) is 0.915. The molecule has 0 bridgehead atoms. The van der Waals surface area contributed by atoms with Crippen LogP contribution in [-0.2, 0) is 12.0 Å². The van der Waals surface area contributed by atoms with Crippen LogP contribution in [0.3, 0.4) is 0 Å². The zero-order valence-corrected chi connectivity index (χ0v) is 13.3. The van der Waals surface area contributed by atoms with E-state index in [-0.39, 0.29) is 12.0 Å². The van der Waals surface area contributed by atoms with Crippen LogP contribution in [-0.4, -0.2) is 23.2 Å². The smallest absolute Gasteiger partial charge is 0.129 e. The van der Waals surface area contributed by atoms with Crippen molar-refractivity contribution in [3.8, 4) is 0 Å². The van der Waals surface area contributed by atoms with Gasteiger partial charge in [0.15, 0.2) is 0 Å². The number of hydrogen-bond donors (Lipinski definition) is 1. The third kappa shape index (κ3) is 3.51.